The van der Waals surface area contributed by atoms with Crippen molar-refractivity contribution in [1.29, 1.82) is 0 Å². The van der Waals surface area contributed by atoms with Crippen molar-refractivity contribution in [2.75, 3.05) is 0 Å². The summed E-state index contributed by atoms with van der Waals surface area (Å²) in [6.45, 7) is 0. The number of hydrogen-bond acceptors (Lipinski definition) is 1. The molecule has 2 aromatic carbocycles. The first-order valence-corrected chi connectivity index (χ1v) is 11.1. The Kier molecular flexibility index (Phi) is 4.64. The van der Waals surface area contributed by atoms with Gasteiger partial charge in [0, 0.05) is 0 Å². The van der Waals surface area contributed by atoms with Crippen molar-refractivity contribution in [3.05, 3.63) is 76.6 Å². The molecule has 0 amide bonds. The Balaban J connectivity index is 0.000000720. The van der Waals surface area contributed by atoms with Crippen molar-refractivity contribution < 1.29 is 61.6 Å². The molecule has 1 aliphatic heterocycles. The second-order valence-electron chi connectivity index (χ2n) is 5.47. The van der Waals surface area contributed by atoms with Gasteiger partial charge in [0.1, 0.15) is 0 Å². The van der Waals surface area contributed by atoms with Gasteiger partial charge in [0.05, 0.1) is 0 Å². The van der Waals surface area contributed by atoms with Crippen molar-refractivity contribution in [2.45, 2.75) is 7.35 Å². The zero-order chi connectivity index (χ0) is 13.1. The van der Waals surface area contributed by atoms with E-state index in [1.807, 2.05) is 0 Å². The van der Waals surface area contributed by atoms with E-state index < -0.39 is 22.9 Å². The molecular weight excluding hydrogens is 570 g/mol. The summed E-state index contributed by atoms with van der Waals surface area (Å²) in [5.41, 5.74) is 5.69. The van der Waals surface area contributed by atoms with Crippen molar-refractivity contribution in [3.8, 4) is 5.75 Å². The number of halogens is 2. The molecule has 2 aromatic rings. The predicted molar refractivity (Wildman–Crippen MR) is 76.0 cm³/mol. The fraction of sp³-hybridized carbons (Fsp3) is 0.111. The molecule has 2 unspecified atom stereocenters. The van der Waals surface area contributed by atoms with Gasteiger partial charge in [-0.15, -0.1) is 0 Å². The van der Waals surface area contributed by atoms with Crippen LogP contribution in [-0.2, 0) is 22.9 Å². The van der Waals surface area contributed by atoms with E-state index in [0.717, 1.165) is 5.75 Å². The van der Waals surface area contributed by atoms with E-state index in [-0.39, 0.29) is 34.0 Å². The molecule has 0 radical (unpaired) electrons. The normalized spacial score (nSPS) is 21.4. The molecule has 4 bridgehead atoms. The number of hydrogen-bond donors (Lipinski definition) is 0. The van der Waals surface area contributed by atoms with E-state index in [4.69, 9.17) is 4.74 Å². The topological polar surface area (TPSA) is 9.23 Å². The summed E-state index contributed by atoms with van der Waals surface area (Å²) in [7, 11) is 0. The maximum absolute atomic E-state index is 6.31. The molecule has 1 heterocycles. The standard InChI is InChI=1S/C18H12O.2BrH.Hf/c1-2-6-15-12-16(11-14(15)5-1)19-18-10-4-8-13-7-3-9-17(13)18;;;/h1-12H;2*1H;/q;;;+2/p-2. The van der Waals surface area contributed by atoms with Crippen molar-refractivity contribution >= 4 is 12.2 Å². The van der Waals surface area contributed by atoms with Crippen molar-refractivity contribution in [2.24, 2.45) is 0 Å². The number of rotatable bonds is 0. The van der Waals surface area contributed by atoms with Crippen LogP contribution in [0.15, 0.2) is 54.3 Å². The van der Waals surface area contributed by atoms with E-state index in [1.54, 1.807) is 0 Å². The number of allylic oxidation sites excluding steroid dienone is 2. The van der Waals surface area contributed by atoms with E-state index in [9.17, 15) is 0 Å². The van der Waals surface area contributed by atoms with Gasteiger partial charge in [-0.2, -0.15) is 0 Å². The molecule has 0 aromatic heterocycles. The molecule has 1 nitrogen and oxygen atoms in total. The Hall–Kier alpha value is -0.450. The molecule has 3 aliphatic rings. The average Bonchev–Trinajstić information content (AvgIpc) is 3.04. The summed E-state index contributed by atoms with van der Waals surface area (Å²) < 4.78 is 7.61. The Morgan fingerprint density at radius 2 is 1.73 bits per heavy atom. The fourth-order valence-corrected chi connectivity index (χ4v) is 9.68. The summed E-state index contributed by atoms with van der Waals surface area (Å²) in [6.07, 6.45) is 6.96. The smallest absolute Gasteiger partial charge is 1.00 e. The van der Waals surface area contributed by atoms with E-state index in [2.05, 4.69) is 60.7 Å². The second-order valence-corrected chi connectivity index (χ2v) is 11.0. The summed E-state index contributed by atoms with van der Waals surface area (Å²) in [4.78, 5) is 0. The van der Waals surface area contributed by atoms with Gasteiger partial charge in [-0.1, -0.05) is 0 Å². The van der Waals surface area contributed by atoms with Crippen LogP contribution in [0, 0.1) is 0 Å². The minimum atomic E-state index is -0.913. The van der Waals surface area contributed by atoms with Crippen LogP contribution in [0.5, 0.6) is 5.75 Å². The molecule has 0 saturated heterocycles. The van der Waals surface area contributed by atoms with Crippen molar-refractivity contribution in [3.63, 3.8) is 0 Å². The van der Waals surface area contributed by atoms with Crippen LogP contribution < -0.4 is 38.7 Å². The average molecular weight is 583 g/mol. The van der Waals surface area contributed by atoms with E-state index >= 15 is 0 Å². The predicted octanol–water partition coefficient (Wildman–Crippen LogP) is -1.67. The van der Waals surface area contributed by atoms with Crippen LogP contribution in [0.25, 0.3) is 12.2 Å². The molecule has 0 fully saturated rings. The first-order valence-electron chi connectivity index (χ1n) is 6.96. The second kappa shape index (κ2) is 6.21. The Morgan fingerprint density at radius 1 is 0.909 bits per heavy atom. The molecule has 2 atom stereocenters. The third-order valence-electron chi connectivity index (χ3n) is 4.35. The zero-order valence-corrected chi connectivity index (χ0v) is 18.4. The van der Waals surface area contributed by atoms with Crippen LogP contribution in [0.2, 0.25) is 0 Å². The largest absolute Gasteiger partial charge is 1.00 e. The van der Waals surface area contributed by atoms with Crippen molar-refractivity contribution in [1.82, 2.24) is 0 Å². The molecule has 5 rings (SSSR count). The third kappa shape index (κ3) is 2.35. The fourth-order valence-electron chi connectivity index (χ4n) is 3.40. The van der Waals surface area contributed by atoms with E-state index in [1.165, 1.54) is 28.0 Å². The van der Waals surface area contributed by atoms with E-state index in [0.29, 0.717) is 7.35 Å². The zero-order valence-electron chi connectivity index (χ0n) is 11.6. The summed E-state index contributed by atoms with van der Waals surface area (Å²) >= 11 is -0.913. The molecule has 22 heavy (non-hydrogen) atoms. The van der Waals surface area contributed by atoms with Gasteiger partial charge in [0.25, 0.3) is 0 Å². The third-order valence-corrected chi connectivity index (χ3v) is 10.8. The van der Waals surface area contributed by atoms with Crippen LogP contribution in [0.3, 0.4) is 0 Å². The quantitative estimate of drug-likeness (QED) is 0.338. The first kappa shape index (κ1) is 16.4. The summed E-state index contributed by atoms with van der Waals surface area (Å²) in [6, 6.07) is 15.3. The molecule has 4 heteroatoms. The molecular formula is C18H12Br2HfO. The minimum Gasteiger partial charge on any atom is -1.00 e. The molecule has 0 N–H and O–H groups in total. The van der Waals surface area contributed by atoms with Gasteiger partial charge in [0.15, 0.2) is 0 Å². The van der Waals surface area contributed by atoms with Crippen LogP contribution >= 0.6 is 0 Å². The summed E-state index contributed by atoms with van der Waals surface area (Å²) in [5.74, 6) is 2.23. The molecule has 108 valence electrons. The maximum atomic E-state index is 6.31. The minimum absolute atomic E-state index is 0. The number of ether oxygens (including phenoxy) is 1. The number of fused-ring (bicyclic) bond motifs is 3. The van der Waals surface area contributed by atoms with Gasteiger partial charge in [-0.05, 0) is 0 Å². The maximum Gasteiger partial charge on any atom is -1.00 e. The van der Waals surface area contributed by atoms with Gasteiger partial charge in [-0.25, -0.2) is 0 Å². The monoisotopic (exact) mass is 582 g/mol. The molecule has 2 aliphatic carbocycles. The Labute approximate surface area is 162 Å². The van der Waals surface area contributed by atoms with Gasteiger partial charge < -0.3 is 34.0 Å². The van der Waals surface area contributed by atoms with Gasteiger partial charge in [0.2, 0.25) is 0 Å². The summed E-state index contributed by atoms with van der Waals surface area (Å²) in [5, 5.41) is 0. The molecule has 0 spiro atoms. The van der Waals surface area contributed by atoms with Crippen LogP contribution in [-0.4, -0.2) is 0 Å². The van der Waals surface area contributed by atoms with Gasteiger partial charge >= 0.3 is 129 Å². The SMILES string of the molecule is C1=C[CH]2[Hf+2][CH]3C(=Cc4ccccc43)Oc3cccc2c31.[Br-].[Br-]. The van der Waals surface area contributed by atoms with Crippen LogP contribution in [0.4, 0.5) is 0 Å². The Morgan fingerprint density at radius 3 is 2.64 bits per heavy atom. The Bertz CT molecular complexity index is 797. The van der Waals surface area contributed by atoms with Gasteiger partial charge in [-0.3, -0.25) is 0 Å². The first-order chi connectivity index (χ1) is 9.90. The van der Waals surface area contributed by atoms with Crippen LogP contribution in [0.1, 0.15) is 29.6 Å². The number of benzene rings is 2. The molecule has 0 saturated carbocycles.